The minimum atomic E-state index is -1.13. The summed E-state index contributed by atoms with van der Waals surface area (Å²) in [6.45, 7) is -0.729. The number of likely N-dealkylation sites (N-methyl/N-ethyl adjacent to an activating group) is 1. The maximum absolute atomic E-state index is 12.6. The topological polar surface area (TPSA) is 158 Å². The summed E-state index contributed by atoms with van der Waals surface area (Å²) in [5, 5.41) is 16.2. The molecule has 1 amide bonds. The van der Waals surface area contributed by atoms with Gasteiger partial charge in [-0.05, 0) is 6.07 Å². The number of amidine groups is 1. The molecule has 2 aromatic heterocycles. The van der Waals surface area contributed by atoms with Crippen LogP contribution in [0.5, 0.6) is 0 Å². The molecule has 10 heteroatoms. The molecule has 0 unspecified atom stereocenters. The zero-order chi connectivity index (χ0) is 20.4. The van der Waals surface area contributed by atoms with Crippen LogP contribution >= 0.6 is 0 Å². The second-order valence-corrected chi connectivity index (χ2v) is 6.23. The van der Waals surface area contributed by atoms with Crippen LogP contribution in [0.25, 0.3) is 22.4 Å². The number of nitrogens with two attached hydrogens (primary N) is 1. The third kappa shape index (κ3) is 3.75. The lowest BCUT2D eigenvalue weighted by Crippen LogP contribution is -2.36. The molecule has 2 heterocycles. The zero-order valence-electron chi connectivity index (χ0n) is 15.0. The van der Waals surface area contributed by atoms with Gasteiger partial charge in [-0.3, -0.25) is 19.8 Å². The molecule has 0 atom stereocenters. The number of aliphatic carboxylic acids is 1. The molecule has 0 radical (unpaired) electrons. The number of H-pyrrole nitrogens is 1. The van der Waals surface area contributed by atoms with E-state index < -0.39 is 24.0 Å². The van der Waals surface area contributed by atoms with Crippen molar-refractivity contribution < 1.29 is 14.7 Å². The first-order chi connectivity index (χ1) is 13.3. The van der Waals surface area contributed by atoms with E-state index in [4.69, 9.17) is 16.2 Å². The standard InChI is InChI=1S/C18H18N6O4/c1-23(9-14(26)27)13(25)8-24-7-6-12-15(18(24)28)22-17(21-12)11-4-2-10(3-5-11)16(19)20/h2-7H,8-9H2,1H3,(H3,19,20)(H,21,22)(H,26,27). The molecular weight excluding hydrogens is 364 g/mol. The Balaban J connectivity index is 1.90. The zero-order valence-corrected chi connectivity index (χ0v) is 15.0. The molecule has 3 rings (SSSR count). The van der Waals surface area contributed by atoms with Gasteiger partial charge in [0.25, 0.3) is 5.56 Å². The number of amides is 1. The molecule has 0 fully saturated rings. The Morgan fingerprint density at radius 1 is 1.29 bits per heavy atom. The number of nitrogen functional groups attached to an aromatic ring is 1. The molecule has 0 aliphatic heterocycles. The van der Waals surface area contributed by atoms with E-state index in [-0.39, 0.29) is 17.9 Å². The second kappa shape index (κ2) is 7.35. The quantitative estimate of drug-likeness (QED) is 0.353. The highest BCUT2D eigenvalue weighted by Gasteiger charge is 2.16. The fourth-order valence-corrected chi connectivity index (χ4v) is 2.66. The number of carboxylic acid groups (broad SMARTS) is 1. The van der Waals surface area contributed by atoms with E-state index in [2.05, 4.69) is 9.97 Å². The molecule has 10 nitrogen and oxygen atoms in total. The number of hydrogen-bond donors (Lipinski definition) is 4. The smallest absolute Gasteiger partial charge is 0.323 e. The van der Waals surface area contributed by atoms with Gasteiger partial charge >= 0.3 is 5.97 Å². The van der Waals surface area contributed by atoms with Crippen molar-refractivity contribution in [2.24, 2.45) is 5.73 Å². The minimum Gasteiger partial charge on any atom is -0.480 e. The van der Waals surface area contributed by atoms with Crippen molar-refractivity contribution in [2.45, 2.75) is 6.54 Å². The Morgan fingerprint density at radius 2 is 1.96 bits per heavy atom. The van der Waals surface area contributed by atoms with Gasteiger partial charge in [0, 0.05) is 24.4 Å². The molecule has 1 aromatic carbocycles. The van der Waals surface area contributed by atoms with E-state index >= 15 is 0 Å². The van der Waals surface area contributed by atoms with Crippen LogP contribution in [0, 0.1) is 5.41 Å². The average Bonchev–Trinajstić information content (AvgIpc) is 3.08. The van der Waals surface area contributed by atoms with Gasteiger partial charge in [0.05, 0.1) is 5.52 Å². The molecule has 0 bridgehead atoms. The van der Waals surface area contributed by atoms with Gasteiger partial charge in [-0.2, -0.15) is 0 Å². The van der Waals surface area contributed by atoms with Gasteiger partial charge < -0.3 is 25.3 Å². The first-order valence-corrected chi connectivity index (χ1v) is 8.26. The van der Waals surface area contributed by atoms with E-state index in [0.29, 0.717) is 22.5 Å². The Labute approximate surface area is 158 Å². The van der Waals surface area contributed by atoms with Crippen molar-refractivity contribution in [3.63, 3.8) is 0 Å². The van der Waals surface area contributed by atoms with Crippen LogP contribution in [0.1, 0.15) is 5.56 Å². The highest BCUT2D eigenvalue weighted by molar-refractivity contribution is 5.95. The summed E-state index contributed by atoms with van der Waals surface area (Å²) < 4.78 is 1.19. The maximum Gasteiger partial charge on any atom is 0.323 e. The van der Waals surface area contributed by atoms with Gasteiger partial charge in [-0.15, -0.1) is 0 Å². The SMILES string of the molecule is CN(CC(=O)O)C(=O)Cn1ccc2[nH]c(-c3ccc(C(=N)N)cc3)nc2c1=O. The molecule has 3 aromatic rings. The van der Waals surface area contributed by atoms with Crippen molar-refractivity contribution >= 4 is 28.7 Å². The lowest BCUT2D eigenvalue weighted by molar-refractivity contribution is -0.143. The van der Waals surface area contributed by atoms with Crippen LogP contribution in [-0.4, -0.2) is 55.8 Å². The number of imidazole rings is 1. The molecule has 5 N–H and O–H groups in total. The highest BCUT2D eigenvalue weighted by atomic mass is 16.4. The largest absolute Gasteiger partial charge is 0.480 e. The van der Waals surface area contributed by atoms with Gasteiger partial charge in [-0.1, -0.05) is 24.3 Å². The number of nitrogens with zero attached hydrogens (tertiary/aromatic N) is 3. The van der Waals surface area contributed by atoms with Gasteiger partial charge in [0.1, 0.15) is 24.7 Å². The molecule has 28 heavy (non-hydrogen) atoms. The number of carbonyl (C=O) groups excluding carboxylic acids is 1. The predicted octanol–water partition coefficient (Wildman–Crippen LogP) is 0.219. The number of aromatic nitrogens is 3. The van der Waals surface area contributed by atoms with Crippen LogP contribution in [-0.2, 0) is 16.1 Å². The second-order valence-electron chi connectivity index (χ2n) is 6.23. The Morgan fingerprint density at radius 3 is 2.57 bits per heavy atom. The van der Waals surface area contributed by atoms with Gasteiger partial charge in [-0.25, -0.2) is 4.98 Å². The number of aromatic amines is 1. The van der Waals surface area contributed by atoms with Crippen LogP contribution < -0.4 is 11.3 Å². The molecule has 0 aliphatic rings. The Kier molecular flexibility index (Phi) is 4.94. The van der Waals surface area contributed by atoms with E-state index in [0.717, 1.165) is 4.90 Å². The molecule has 0 saturated heterocycles. The fourth-order valence-electron chi connectivity index (χ4n) is 2.66. The summed E-state index contributed by atoms with van der Waals surface area (Å²) in [5.41, 5.74) is 6.95. The van der Waals surface area contributed by atoms with Crippen molar-refractivity contribution in [3.8, 4) is 11.4 Å². The average molecular weight is 382 g/mol. The summed E-state index contributed by atoms with van der Waals surface area (Å²) in [6.07, 6.45) is 1.46. The maximum atomic E-state index is 12.6. The van der Waals surface area contributed by atoms with E-state index in [1.807, 2.05) is 0 Å². The Hall–Kier alpha value is -3.95. The van der Waals surface area contributed by atoms with Crippen LogP contribution in [0.3, 0.4) is 0 Å². The van der Waals surface area contributed by atoms with Crippen LogP contribution in [0.15, 0.2) is 41.3 Å². The lowest BCUT2D eigenvalue weighted by Gasteiger charge is -2.15. The summed E-state index contributed by atoms with van der Waals surface area (Å²) >= 11 is 0. The number of hydrogen-bond acceptors (Lipinski definition) is 5. The van der Waals surface area contributed by atoms with E-state index in [1.54, 1.807) is 30.3 Å². The van der Waals surface area contributed by atoms with Gasteiger partial charge in [0.15, 0.2) is 5.52 Å². The number of benzene rings is 1. The third-order valence-corrected chi connectivity index (χ3v) is 4.19. The first-order valence-electron chi connectivity index (χ1n) is 8.26. The third-order valence-electron chi connectivity index (χ3n) is 4.19. The first kappa shape index (κ1) is 18.8. The predicted molar refractivity (Wildman–Crippen MR) is 102 cm³/mol. The number of rotatable bonds is 6. The summed E-state index contributed by atoms with van der Waals surface area (Å²) in [4.78, 5) is 43.9. The molecule has 144 valence electrons. The molecule has 0 spiro atoms. The number of nitrogens with one attached hydrogen (secondary N) is 2. The van der Waals surface area contributed by atoms with E-state index in [1.165, 1.54) is 17.8 Å². The Bertz CT molecular complexity index is 1130. The van der Waals surface area contributed by atoms with Crippen molar-refractivity contribution in [1.82, 2.24) is 19.4 Å². The van der Waals surface area contributed by atoms with Crippen molar-refractivity contribution in [1.29, 1.82) is 5.41 Å². The summed E-state index contributed by atoms with van der Waals surface area (Å²) in [7, 11) is 1.36. The van der Waals surface area contributed by atoms with Crippen molar-refractivity contribution in [3.05, 3.63) is 52.4 Å². The number of fused-ring (bicyclic) bond motifs is 1. The van der Waals surface area contributed by atoms with E-state index in [9.17, 15) is 14.4 Å². The lowest BCUT2D eigenvalue weighted by atomic mass is 10.1. The van der Waals surface area contributed by atoms with Crippen molar-refractivity contribution in [2.75, 3.05) is 13.6 Å². The fraction of sp³-hybridized carbons (Fsp3) is 0.167. The summed E-state index contributed by atoms with van der Waals surface area (Å²) in [6, 6.07) is 8.45. The summed E-state index contributed by atoms with van der Waals surface area (Å²) in [5.74, 6) is -1.21. The molecule has 0 aliphatic carbocycles. The highest BCUT2D eigenvalue weighted by Crippen LogP contribution is 2.19. The van der Waals surface area contributed by atoms with Gasteiger partial charge in [0.2, 0.25) is 5.91 Å². The molecular formula is C18H18N6O4. The number of carbonyl (C=O) groups is 2. The number of pyridine rings is 1. The number of carboxylic acids is 1. The van der Waals surface area contributed by atoms with Crippen LogP contribution in [0.2, 0.25) is 0 Å². The van der Waals surface area contributed by atoms with Crippen LogP contribution in [0.4, 0.5) is 0 Å². The monoisotopic (exact) mass is 382 g/mol. The minimum absolute atomic E-state index is 0.0448. The molecule has 0 saturated carbocycles. The normalized spacial score (nSPS) is 10.8.